The zero-order valence-corrected chi connectivity index (χ0v) is 12.0. The summed E-state index contributed by atoms with van der Waals surface area (Å²) in [6.07, 6.45) is -1.11. The van der Waals surface area contributed by atoms with E-state index in [0.717, 1.165) is 0 Å². The molecule has 0 aliphatic heterocycles. The molecule has 1 rings (SSSR count). The number of carbonyl (C=O) groups excluding carboxylic acids is 2. The molecule has 0 radical (unpaired) electrons. The molecule has 1 unspecified atom stereocenters. The summed E-state index contributed by atoms with van der Waals surface area (Å²) in [7, 11) is 2.91. The fourth-order valence-corrected chi connectivity index (χ4v) is 1.66. The molecule has 1 aromatic rings. The smallest absolute Gasteiger partial charge is 0.259 e. The fourth-order valence-electron chi connectivity index (χ4n) is 1.66. The standard InChI is InChI=1S/C13H19N3O5/c1-7(17)11(13(19)16-14)15-12(18)8-4-9(20-2)6-10(5-8)21-3/h4-7,11,17H,14H2,1-3H3,(H,15,18)(H,16,19)/t7?,11-/m0/s1. The summed E-state index contributed by atoms with van der Waals surface area (Å²) >= 11 is 0. The van der Waals surface area contributed by atoms with Gasteiger partial charge in [-0.15, -0.1) is 0 Å². The van der Waals surface area contributed by atoms with Crippen molar-refractivity contribution in [1.82, 2.24) is 10.7 Å². The van der Waals surface area contributed by atoms with E-state index < -0.39 is 24.0 Å². The maximum absolute atomic E-state index is 12.2. The van der Waals surface area contributed by atoms with Gasteiger partial charge in [0.25, 0.3) is 11.8 Å². The largest absolute Gasteiger partial charge is 0.497 e. The third-order valence-electron chi connectivity index (χ3n) is 2.81. The van der Waals surface area contributed by atoms with Gasteiger partial charge in [-0.25, -0.2) is 5.84 Å². The summed E-state index contributed by atoms with van der Waals surface area (Å²) in [4.78, 5) is 23.7. The molecule has 5 N–H and O–H groups in total. The van der Waals surface area contributed by atoms with Crippen LogP contribution < -0.4 is 26.1 Å². The molecule has 0 bridgehead atoms. The Bertz CT molecular complexity index is 496. The van der Waals surface area contributed by atoms with Crippen molar-refractivity contribution in [3.05, 3.63) is 23.8 Å². The predicted octanol–water partition coefficient (Wildman–Crippen LogP) is -0.827. The minimum absolute atomic E-state index is 0.224. The first kappa shape index (κ1) is 16.7. The van der Waals surface area contributed by atoms with Crippen molar-refractivity contribution in [3.8, 4) is 11.5 Å². The van der Waals surface area contributed by atoms with E-state index in [1.54, 1.807) is 6.07 Å². The summed E-state index contributed by atoms with van der Waals surface area (Å²) < 4.78 is 10.1. The fraction of sp³-hybridized carbons (Fsp3) is 0.385. The van der Waals surface area contributed by atoms with Gasteiger partial charge in [-0.3, -0.25) is 15.0 Å². The van der Waals surface area contributed by atoms with E-state index in [-0.39, 0.29) is 5.56 Å². The third-order valence-corrected chi connectivity index (χ3v) is 2.81. The summed E-state index contributed by atoms with van der Waals surface area (Å²) in [6, 6.07) is 3.41. The first-order valence-corrected chi connectivity index (χ1v) is 6.15. The number of amides is 2. The van der Waals surface area contributed by atoms with Crippen LogP contribution in [0.5, 0.6) is 11.5 Å². The quantitative estimate of drug-likeness (QED) is 0.309. The van der Waals surface area contributed by atoms with Gasteiger partial charge < -0.3 is 19.9 Å². The Balaban J connectivity index is 2.99. The number of rotatable bonds is 6. The first-order chi connectivity index (χ1) is 9.92. The average Bonchev–Trinajstić information content (AvgIpc) is 2.50. The van der Waals surface area contributed by atoms with E-state index in [1.165, 1.54) is 33.3 Å². The molecule has 0 fully saturated rings. The molecule has 0 saturated carbocycles. The van der Waals surface area contributed by atoms with Gasteiger partial charge in [-0.1, -0.05) is 0 Å². The zero-order valence-electron chi connectivity index (χ0n) is 12.0. The van der Waals surface area contributed by atoms with Crippen molar-refractivity contribution >= 4 is 11.8 Å². The second kappa shape index (κ2) is 7.46. The minimum atomic E-state index is -1.17. The third kappa shape index (κ3) is 4.33. The average molecular weight is 297 g/mol. The van der Waals surface area contributed by atoms with Crippen LogP contribution in [-0.4, -0.2) is 43.3 Å². The maximum Gasteiger partial charge on any atom is 0.259 e. The maximum atomic E-state index is 12.2. The lowest BCUT2D eigenvalue weighted by atomic mass is 10.1. The highest BCUT2D eigenvalue weighted by molar-refractivity contribution is 5.98. The van der Waals surface area contributed by atoms with Crippen LogP contribution in [0.3, 0.4) is 0 Å². The molecular formula is C13H19N3O5. The lowest BCUT2D eigenvalue weighted by Crippen LogP contribution is -2.54. The van der Waals surface area contributed by atoms with E-state index in [4.69, 9.17) is 15.3 Å². The number of aliphatic hydroxyl groups excluding tert-OH is 1. The number of hydrazine groups is 1. The van der Waals surface area contributed by atoms with Crippen molar-refractivity contribution < 1.29 is 24.2 Å². The van der Waals surface area contributed by atoms with Crippen LogP contribution in [0.4, 0.5) is 0 Å². The Morgan fingerprint density at radius 3 is 2.10 bits per heavy atom. The Morgan fingerprint density at radius 2 is 1.71 bits per heavy atom. The van der Waals surface area contributed by atoms with Crippen LogP contribution in [0, 0.1) is 0 Å². The second-order valence-electron chi connectivity index (χ2n) is 4.30. The molecule has 0 aliphatic rings. The Morgan fingerprint density at radius 1 is 1.19 bits per heavy atom. The number of hydrogen-bond donors (Lipinski definition) is 4. The summed E-state index contributed by atoms with van der Waals surface area (Å²) in [5.41, 5.74) is 2.11. The lowest BCUT2D eigenvalue weighted by Gasteiger charge is -2.19. The molecule has 116 valence electrons. The van der Waals surface area contributed by atoms with E-state index in [0.29, 0.717) is 11.5 Å². The summed E-state index contributed by atoms with van der Waals surface area (Å²) in [6.45, 7) is 1.37. The van der Waals surface area contributed by atoms with E-state index in [1.807, 2.05) is 5.43 Å². The number of hydrogen-bond acceptors (Lipinski definition) is 6. The number of ether oxygens (including phenoxy) is 2. The Hall–Kier alpha value is -2.32. The van der Waals surface area contributed by atoms with E-state index in [9.17, 15) is 14.7 Å². The Labute approximate surface area is 122 Å². The minimum Gasteiger partial charge on any atom is -0.497 e. The van der Waals surface area contributed by atoms with Crippen LogP contribution in [0.2, 0.25) is 0 Å². The highest BCUT2D eigenvalue weighted by atomic mass is 16.5. The number of carbonyl (C=O) groups is 2. The summed E-state index contributed by atoms with van der Waals surface area (Å²) in [5.74, 6) is 4.60. The van der Waals surface area contributed by atoms with Gasteiger partial charge in [0.2, 0.25) is 0 Å². The first-order valence-electron chi connectivity index (χ1n) is 6.15. The molecule has 0 spiro atoms. The topological polar surface area (TPSA) is 123 Å². The van der Waals surface area contributed by atoms with Crippen molar-refractivity contribution in [3.63, 3.8) is 0 Å². The monoisotopic (exact) mass is 297 g/mol. The van der Waals surface area contributed by atoms with Crippen LogP contribution in [0.25, 0.3) is 0 Å². The molecule has 0 saturated heterocycles. The van der Waals surface area contributed by atoms with Gasteiger partial charge >= 0.3 is 0 Å². The molecule has 1 aromatic carbocycles. The number of nitrogens with two attached hydrogens (primary N) is 1. The van der Waals surface area contributed by atoms with Crippen LogP contribution >= 0.6 is 0 Å². The molecule has 0 aromatic heterocycles. The van der Waals surface area contributed by atoms with E-state index in [2.05, 4.69) is 5.32 Å². The summed E-state index contributed by atoms with van der Waals surface area (Å²) in [5, 5.41) is 11.9. The molecule has 0 heterocycles. The molecule has 0 aliphatic carbocycles. The van der Waals surface area contributed by atoms with Gasteiger partial charge in [0.15, 0.2) is 0 Å². The predicted molar refractivity (Wildman–Crippen MR) is 74.8 cm³/mol. The molecule has 8 heteroatoms. The second-order valence-corrected chi connectivity index (χ2v) is 4.30. The highest BCUT2D eigenvalue weighted by Gasteiger charge is 2.25. The number of aliphatic hydroxyl groups is 1. The molecule has 8 nitrogen and oxygen atoms in total. The van der Waals surface area contributed by atoms with Crippen molar-refractivity contribution in [2.45, 2.75) is 19.1 Å². The van der Waals surface area contributed by atoms with Gasteiger partial charge in [-0.2, -0.15) is 0 Å². The molecular weight excluding hydrogens is 278 g/mol. The van der Waals surface area contributed by atoms with Crippen molar-refractivity contribution in [2.24, 2.45) is 5.84 Å². The Kier molecular flexibility index (Phi) is 5.94. The van der Waals surface area contributed by atoms with Crippen LogP contribution in [-0.2, 0) is 4.79 Å². The van der Waals surface area contributed by atoms with E-state index >= 15 is 0 Å². The van der Waals surface area contributed by atoms with Gasteiger partial charge in [0, 0.05) is 11.6 Å². The van der Waals surface area contributed by atoms with Crippen molar-refractivity contribution in [2.75, 3.05) is 14.2 Å². The van der Waals surface area contributed by atoms with Crippen LogP contribution in [0.15, 0.2) is 18.2 Å². The van der Waals surface area contributed by atoms with Gasteiger partial charge in [0.05, 0.1) is 20.3 Å². The van der Waals surface area contributed by atoms with Crippen LogP contribution in [0.1, 0.15) is 17.3 Å². The highest BCUT2D eigenvalue weighted by Crippen LogP contribution is 2.22. The zero-order chi connectivity index (χ0) is 16.0. The number of methoxy groups -OCH3 is 2. The molecule has 2 amide bonds. The van der Waals surface area contributed by atoms with Gasteiger partial charge in [-0.05, 0) is 19.1 Å². The van der Waals surface area contributed by atoms with Gasteiger partial charge in [0.1, 0.15) is 17.5 Å². The lowest BCUT2D eigenvalue weighted by molar-refractivity contribution is -0.125. The number of benzene rings is 1. The molecule has 2 atom stereocenters. The SMILES string of the molecule is COc1cc(OC)cc(C(=O)N[C@H](C(=O)NN)C(C)O)c1. The normalized spacial score (nSPS) is 13.0. The number of nitrogens with one attached hydrogen (secondary N) is 2. The van der Waals surface area contributed by atoms with Crippen molar-refractivity contribution in [1.29, 1.82) is 0 Å². The molecule has 21 heavy (non-hydrogen) atoms.